The quantitative estimate of drug-likeness (QED) is 0.872. The maximum Gasteiger partial charge on any atom is 0.0328 e. The van der Waals surface area contributed by atoms with Gasteiger partial charge in [-0.1, -0.05) is 28.1 Å². The molecule has 0 spiro atoms. The van der Waals surface area contributed by atoms with Crippen molar-refractivity contribution in [1.82, 2.24) is 4.90 Å². The maximum atomic E-state index is 5.73. The third-order valence-electron chi connectivity index (χ3n) is 2.52. The Morgan fingerprint density at radius 1 is 1.29 bits per heavy atom. The first-order valence-corrected chi connectivity index (χ1v) is 7.07. The summed E-state index contributed by atoms with van der Waals surface area (Å²) in [5.74, 6) is 0. The normalized spacial score (nSPS) is 11.0. The van der Waals surface area contributed by atoms with Crippen LogP contribution in [0.5, 0.6) is 0 Å². The molecule has 1 heterocycles. The molecule has 0 amide bonds. The van der Waals surface area contributed by atoms with E-state index >= 15 is 0 Å². The minimum atomic E-state index is 0.793. The van der Waals surface area contributed by atoms with Crippen molar-refractivity contribution < 1.29 is 0 Å². The molecule has 1 aromatic heterocycles. The highest BCUT2D eigenvalue weighted by atomic mass is 79.9. The predicted molar refractivity (Wildman–Crippen MR) is 78.0 cm³/mol. The van der Waals surface area contributed by atoms with E-state index in [0.29, 0.717) is 0 Å². The summed E-state index contributed by atoms with van der Waals surface area (Å²) in [6.07, 6.45) is 0. The Hall–Kier alpha value is -0.840. The Labute approximate surface area is 114 Å². The Kier molecular flexibility index (Phi) is 4.20. The first-order valence-electron chi connectivity index (χ1n) is 5.40. The van der Waals surface area contributed by atoms with Gasteiger partial charge in [0.25, 0.3) is 0 Å². The Balaban J connectivity index is 2.00. The summed E-state index contributed by atoms with van der Waals surface area (Å²) < 4.78 is 1.08. The number of hydrogen-bond acceptors (Lipinski definition) is 3. The average molecular weight is 311 g/mol. The molecule has 0 unspecified atom stereocenters. The first-order chi connectivity index (χ1) is 8.15. The second kappa shape index (κ2) is 5.67. The van der Waals surface area contributed by atoms with Crippen LogP contribution in [0.15, 0.2) is 40.2 Å². The molecule has 90 valence electrons. The molecule has 0 aliphatic carbocycles. The average Bonchev–Trinajstić information content (AvgIpc) is 2.75. The van der Waals surface area contributed by atoms with Crippen LogP contribution in [0.1, 0.15) is 10.4 Å². The third-order valence-corrected chi connectivity index (χ3v) is 4.12. The molecule has 0 radical (unpaired) electrons. The van der Waals surface area contributed by atoms with Gasteiger partial charge in [-0.15, -0.1) is 11.3 Å². The highest BCUT2D eigenvalue weighted by Crippen LogP contribution is 2.22. The first kappa shape index (κ1) is 12.6. The summed E-state index contributed by atoms with van der Waals surface area (Å²) in [6, 6.07) is 10.2. The number of nitrogens with two attached hydrogens (primary N) is 1. The van der Waals surface area contributed by atoms with Crippen molar-refractivity contribution in [3.63, 3.8) is 0 Å². The van der Waals surface area contributed by atoms with Crippen LogP contribution in [0.2, 0.25) is 0 Å². The molecule has 2 N–H and O–H groups in total. The zero-order valence-corrected chi connectivity index (χ0v) is 12.1. The molecule has 0 bridgehead atoms. The summed E-state index contributed by atoms with van der Waals surface area (Å²) in [5.41, 5.74) is 7.78. The lowest BCUT2D eigenvalue weighted by Gasteiger charge is -2.16. The summed E-state index contributed by atoms with van der Waals surface area (Å²) in [4.78, 5) is 3.68. The predicted octanol–water partition coefficient (Wildman–Crippen LogP) is 3.72. The van der Waals surface area contributed by atoms with Crippen molar-refractivity contribution >= 4 is 33.0 Å². The van der Waals surface area contributed by atoms with Gasteiger partial charge in [-0.25, -0.2) is 0 Å². The molecule has 0 fully saturated rings. The van der Waals surface area contributed by atoms with Crippen molar-refractivity contribution in [2.75, 3.05) is 12.8 Å². The van der Waals surface area contributed by atoms with Crippen molar-refractivity contribution in [3.05, 3.63) is 50.6 Å². The van der Waals surface area contributed by atoms with Gasteiger partial charge in [0, 0.05) is 28.1 Å². The molecule has 4 heteroatoms. The van der Waals surface area contributed by atoms with Gasteiger partial charge in [-0.2, -0.15) is 0 Å². The van der Waals surface area contributed by atoms with Crippen LogP contribution < -0.4 is 5.73 Å². The van der Waals surface area contributed by atoms with Gasteiger partial charge in [-0.05, 0) is 36.2 Å². The van der Waals surface area contributed by atoms with E-state index in [4.69, 9.17) is 5.73 Å². The van der Waals surface area contributed by atoms with Crippen LogP contribution in [0, 0.1) is 0 Å². The van der Waals surface area contributed by atoms with E-state index in [9.17, 15) is 0 Å². The van der Waals surface area contributed by atoms with Gasteiger partial charge >= 0.3 is 0 Å². The van der Waals surface area contributed by atoms with Gasteiger partial charge in [-0.3, -0.25) is 4.90 Å². The number of nitrogen functional groups attached to an aromatic ring is 1. The van der Waals surface area contributed by atoms with Crippen LogP contribution in [0.25, 0.3) is 0 Å². The summed E-state index contributed by atoms with van der Waals surface area (Å²) in [5, 5.41) is 2.11. The molecular formula is C13H15BrN2S. The molecule has 17 heavy (non-hydrogen) atoms. The lowest BCUT2D eigenvalue weighted by molar-refractivity contribution is 0.321. The van der Waals surface area contributed by atoms with Crippen LogP contribution in [0.3, 0.4) is 0 Å². The lowest BCUT2D eigenvalue weighted by atomic mass is 10.2. The largest absolute Gasteiger partial charge is 0.399 e. The Morgan fingerprint density at radius 2 is 2.12 bits per heavy atom. The third kappa shape index (κ3) is 3.56. The molecule has 2 aromatic rings. The van der Waals surface area contributed by atoms with Crippen molar-refractivity contribution in [1.29, 1.82) is 0 Å². The van der Waals surface area contributed by atoms with Gasteiger partial charge in [0.1, 0.15) is 0 Å². The number of rotatable bonds is 4. The number of nitrogens with zero attached hydrogens (tertiary/aromatic N) is 1. The fourth-order valence-corrected chi connectivity index (χ4v) is 3.01. The zero-order chi connectivity index (χ0) is 12.3. The van der Waals surface area contributed by atoms with Crippen molar-refractivity contribution in [2.45, 2.75) is 13.1 Å². The van der Waals surface area contributed by atoms with Crippen LogP contribution in [-0.4, -0.2) is 11.9 Å². The van der Waals surface area contributed by atoms with Crippen LogP contribution >= 0.6 is 27.3 Å². The van der Waals surface area contributed by atoms with Gasteiger partial charge in [0.15, 0.2) is 0 Å². The molecule has 0 aliphatic rings. The molecule has 2 rings (SSSR count). The Morgan fingerprint density at radius 3 is 2.76 bits per heavy atom. The minimum Gasteiger partial charge on any atom is -0.399 e. The standard InChI is InChI=1S/C13H15BrN2S/c1-16(9-12-3-2-6-17-12)8-10-4-5-11(15)7-13(10)14/h2-7H,8-9,15H2,1H3. The smallest absolute Gasteiger partial charge is 0.0328 e. The van der Waals surface area contributed by atoms with Crippen LogP contribution in [-0.2, 0) is 13.1 Å². The molecule has 0 atom stereocenters. The van der Waals surface area contributed by atoms with E-state index in [1.54, 1.807) is 11.3 Å². The molecule has 0 saturated heterocycles. The Bertz CT molecular complexity index is 482. The fourth-order valence-electron chi connectivity index (χ4n) is 1.71. The molecule has 1 aromatic carbocycles. The topological polar surface area (TPSA) is 29.3 Å². The molecule has 0 saturated carbocycles. The second-order valence-corrected chi connectivity index (χ2v) is 5.99. The number of hydrogen-bond donors (Lipinski definition) is 1. The summed E-state index contributed by atoms with van der Waals surface area (Å²) >= 11 is 5.34. The summed E-state index contributed by atoms with van der Waals surface area (Å²) in [6.45, 7) is 1.90. The van der Waals surface area contributed by atoms with Gasteiger partial charge in [0.05, 0.1) is 0 Å². The lowest BCUT2D eigenvalue weighted by Crippen LogP contribution is -2.16. The fraction of sp³-hybridized carbons (Fsp3) is 0.231. The minimum absolute atomic E-state index is 0.793. The SMILES string of the molecule is CN(Cc1cccs1)Cc1ccc(N)cc1Br. The molecule has 0 aliphatic heterocycles. The highest BCUT2D eigenvalue weighted by Gasteiger charge is 2.05. The van der Waals surface area contributed by atoms with E-state index < -0.39 is 0 Å². The van der Waals surface area contributed by atoms with E-state index in [1.165, 1.54) is 10.4 Å². The van der Waals surface area contributed by atoms with E-state index in [0.717, 1.165) is 23.2 Å². The van der Waals surface area contributed by atoms with Crippen molar-refractivity contribution in [2.24, 2.45) is 0 Å². The number of halogens is 1. The summed E-state index contributed by atoms with van der Waals surface area (Å²) in [7, 11) is 2.13. The number of thiophene rings is 1. The molecular weight excluding hydrogens is 296 g/mol. The van der Waals surface area contributed by atoms with E-state index in [1.807, 2.05) is 12.1 Å². The van der Waals surface area contributed by atoms with Crippen LogP contribution in [0.4, 0.5) is 5.69 Å². The van der Waals surface area contributed by atoms with E-state index in [-0.39, 0.29) is 0 Å². The van der Waals surface area contributed by atoms with Gasteiger partial charge in [0.2, 0.25) is 0 Å². The maximum absolute atomic E-state index is 5.73. The monoisotopic (exact) mass is 310 g/mol. The van der Waals surface area contributed by atoms with Crippen molar-refractivity contribution in [3.8, 4) is 0 Å². The van der Waals surface area contributed by atoms with Gasteiger partial charge < -0.3 is 5.73 Å². The number of benzene rings is 1. The molecule has 2 nitrogen and oxygen atoms in total. The van der Waals surface area contributed by atoms with E-state index in [2.05, 4.69) is 51.5 Å². The zero-order valence-electron chi connectivity index (χ0n) is 9.69. The highest BCUT2D eigenvalue weighted by molar-refractivity contribution is 9.10. The second-order valence-electron chi connectivity index (χ2n) is 4.10. The number of anilines is 1.